The van der Waals surface area contributed by atoms with Crippen LogP contribution in [-0.4, -0.2) is 30.5 Å². The van der Waals surface area contributed by atoms with Crippen LogP contribution in [0.1, 0.15) is 60.5 Å². The van der Waals surface area contributed by atoms with Crippen LogP contribution in [0.4, 0.5) is 8.78 Å². The molecule has 1 fully saturated rings. The number of nitriles is 1. The van der Waals surface area contributed by atoms with Gasteiger partial charge in [-0.2, -0.15) is 9.57 Å². The fraction of sp³-hybridized carbons (Fsp3) is 0.435. The Hall–Kier alpha value is -2.34. The molecule has 2 aromatic rings. The summed E-state index contributed by atoms with van der Waals surface area (Å²) in [5.41, 5.74) is 0.628. The maximum Gasteiger partial charge on any atom is 0.221 e. The number of sulfonamides is 1. The van der Waals surface area contributed by atoms with Crippen molar-refractivity contribution >= 4 is 10.0 Å². The van der Waals surface area contributed by atoms with Gasteiger partial charge in [0.2, 0.25) is 10.0 Å². The van der Waals surface area contributed by atoms with Gasteiger partial charge < -0.3 is 5.11 Å². The van der Waals surface area contributed by atoms with Crippen LogP contribution in [0.3, 0.4) is 0 Å². The van der Waals surface area contributed by atoms with Crippen LogP contribution >= 0.6 is 0 Å². The second-order valence-electron chi connectivity index (χ2n) is 7.96. The molecule has 1 aliphatic rings. The Bertz CT molecular complexity index is 1050. The Morgan fingerprint density at radius 3 is 2.55 bits per heavy atom. The molecular formula is C23H26F2N2O3S. The molecule has 1 heterocycles. The lowest BCUT2D eigenvalue weighted by atomic mass is 9.93. The smallest absolute Gasteiger partial charge is 0.221 e. The van der Waals surface area contributed by atoms with E-state index in [0.717, 1.165) is 12.1 Å². The number of aliphatic hydroxyl groups excluding tert-OH is 1. The average molecular weight is 449 g/mol. The van der Waals surface area contributed by atoms with Gasteiger partial charge in [-0.05, 0) is 49.4 Å². The van der Waals surface area contributed by atoms with Crippen molar-refractivity contribution < 1.29 is 22.3 Å². The normalized spacial score (nSPS) is 22.0. The third-order valence-electron chi connectivity index (χ3n) is 5.95. The molecule has 31 heavy (non-hydrogen) atoms. The second kappa shape index (κ2) is 9.86. The van der Waals surface area contributed by atoms with Crippen LogP contribution in [-0.2, 0) is 16.6 Å². The highest BCUT2D eigenvalue weighted by Crippen LogP contribution is 2.38. The highest BCUT2D eigenvalue weighted by atomic mass is 32.2. The predicted molar refractivity (Wildman–Crippen MR) is 113 cm³/mol. The number of hydrogen-bond donors (Lipinski definition) is 1. The molecule has 3 rings (SSSR count). The zero-order valence-electron chi connectivity index (χ0n) is 17.3. The van der Waals surface area contributed by atoms with Crippen LogP contribution in [0.25, 0.3) is 0 Å². The Morgan fingerprint density at radius 2 is 1.90 bits per heavy atom. The lowest BCUT2D eigenvalue weighted by Gasteiger charge is -2.37. The number of benzene rings is 2. The van der Waals surface area contributed by atoms with Crippen LogP contribution in [0.15, 0.2) is 42.5 Å². The summed E-state index contributed by atoms with van der Waals surface area (Å²) in [4.78, 5) is 0. The fourth-order valence-corrected chi connectivity index (χ4v) is 6.33. The summed E-state index contributed by atoms with van der Waals surface area (Å²) in [5.74, 6) is -2.13. The van der Waals surface area contributed by atoms with Crippen molar-refractivity contribution in [2.24, 2.45) is 0 Å². The highest BCUT2D eigenvalue weighted by Gasteiger charge is 2.40. The first-order valence-corrected chi connectivity index (χ1v) is 11.8. The van der Waals surface area contributed by atoms with Crippen LogP contribution in [0.5, 0.6) is 0 Å². The van der Waals surface area contributed by atoms with Crippen LogP contribution in [0.2, 0.25) is 0 Å². The van der Waals surface area contributed by atoms with Gasteiger partial charge in [-0.25, -0.2) is 17.2 Å². The molecule has 3 atom stereocenters. The van der Waals surface area contributed by atoms with Crippen LogP contribution < -0.4 is 0 Å². The van der Waals surface area contributed by atoms with Gasteiger partial charge in [0.05, 0.1) is 12.7 Å². The van der Waals surface area contributed by atoms with Crippen molar-refractivity contribution in [1.82, 2.24) is 4.31 Å². The minimum Gasteiger partial charge on any atom is -0.396 e. The summed E-state index contributed by atoms with van der Waals surface area (Å²) in [6.45, 7) is 1.09. The lowest BCUT2D eigenvalue weighted by Crippen LogP contribution is -2.44. The zero-order chi connectivity index (χ0) is 22.6. The zero-order valence-corrected chi connectivity index (χ0v) is 18.2. The SMILES string of the molecule is CC1CCC(c2ccccc2)S(=O)(=O)N1Cc1cc(F)c(C(CO)CCC#N)cc1F. The fourth-order valence-electron chi connectivity index (χ4n) is 4.14. The summed E-state index contributed by atoms with van der Waals surface area (Å²) in [7, 11) is -3.77. The Morgan fingerprint density at radius 1 is 1.19 bits per heavy atom. The van der Waals surface area contributed by atoms with Crippen molar-refractivity contribution in [2.75, 3.05) is 6.61 Å². The molecule has 3 unspecified atom stereocenters. The molecule has 0 saturated carbocycles. The van der Waals surface area contributed by atoms with Gasteiger partial charge in [0.25, 0.3) is 0 Å². The Kier molecular flexibility index (Phi) is 7.42. The summed E-state index contributed by atoms with van der Waals surface area (Å²) in [6, 6.07) is 12.5. The van der Waals surface area contributed by atoms with E-state index in [4.69, 9.17) is 5.26 Å². The van der Waals surface area contributed by atoms with E-state index >= 15 is 0 Å². The van der Waals surface area contributed by atoms with Crippen molar-refractivity contribution in [3.05, 3.63) is 70.8 Å². The molecule has 0 radical (unpaired) electrons. The minimum atomic E-state index is -3.77. The van der Waals surface area contributed by atoms with Gasteiger partial charge in [0.15, 0.2) is 0 Å². The van der Waals surface area contributed by atoms with Gasteiger partial charge in [-0.3, -0.25) is 0 Å². The predicted octanol–water partition coefficient (Wildman–Crippen LogP) is 4.40. The molecule has 0 amide bonds. The molecule has 0 aliphatic carbocycles. The number of nitrogens with zero attached hydrogens (tertiary/aromatic N) is 2. The topological polar surface area (TPSA) is 81.4 Å². The second-order valence-corrected chi connectivity index (χ2v) is 10.0. The molecule has 166 valence electrons. The molecule has 5 nitrogen and oxygen atoms in total. The standard InChI is InChI=1S/C23H26F2N2O3S/c1-16-9-10-23(17-6-3-2-4-7-17)31(29,30)27(16)14-19-12-22(25)20(13-21(19)24)18(15-28)8-5-11-26/h2-4,6-7,12-13,16,18,23,28H,5,8-10,14-15H2,1H3. The summed E-state index contributed by atoms with van der Waals surface area (Å²) < 4.78 is 57.5. The van der Waals surface area contributed by atoms with Crippen molar-refractivity contribution in [1.29, 1.82) is 5.26 Å². The first-order chi connectivity index (χ1) is 14.8. The van der Waals surface area contributed by atoms with E-state index in [1.54, 1.807) is 31.2 Å². The van der Waals surface area contributed by atoms with Gasteiger partial charge in [0, 0.05) is 30.5 Å². The molecule has 8 heteroatoms. The van der Waals surface area contributed by atoms with Crippen LogP contribution in [0, 0.1) is 23.0 Å². The molecule has 0 bridgehead atoms. The van der Waals surface area contributed by atoms with E-state index in [1.165, 1.54) is 4.31 Å². The molecular weight excluding hydrogens is 422 g/mol. The number of aliphatic hydroxyl groups is 1. The minimum absolute atomic E-state index is 0.00397. The molecule has 0 aromatic heterocycles. The first-order valence-electron chi connectivity index (χ1n) is 10.3. The van der Waals surface area contributed by atoms with E-state index in [1.807, 2.05) is 12.1 Å². The molecule has 1 saturated heterocycles. The average Bonchev–Trinajstić information content (AvgIpc) is 2.74. The lowest BCUT2D eigenvalue weighted by molar-refractivity contribution is 0.256. The van der Waals surface area contributed by atoms with Gasteiger partial charge in [-0.15, -0.1) is 0 Å². The molecule has 0 spiro atoms. The van der Waals surface area contributed by atoms with Crippen molar-refractivity contribution in [3.63, 3.8) is 0 Å². The van der Waals surface area contributed by atoms with Gasteiger partial charge >= 0.3 is 0 Å². The van der Waals surface area contributed by atoms with Gasteiger partial charge in [0.1, 0.15) is 16.9 Å². The quantitative estimate of drug-likeness (QED) is 0.681. The van der Waals surface area contributed by atoms with Gasteiger partial charge in [-0.1, -0.05) is 30.3 Å². The Balaban J connectivity index is 1.90. The summed E-state index contributed by atoms with van der Waals surface area (Å²) >= 11 is 0. The van der Waals surface area contributed by atoms with Crippen molar-refractivity contribution in [3.8, 4) is 6.07 Å². The number of rotatable bonds is 7. The maximum absolute atomic E-state index is 14.9. The molecule has 1 aliphatic heterocycles. The van der Waals surface area contributed by atoms with Crippen molar-refractivity contribution in [2.45, 2.75) is 56.4 Å². The third-order valence-corrected chi connectivity index (χ3v) is 8.32. The summed E-state index contributed by atoms with van der Waals surface area (Å²) in [6.07, 6.45) is 1.40. The van der Waals surface area contributed by atoms with E-state index in [0.29, 0.717) is 18.4 Å². The maximum atomic E-state index is 14.9. The highest BCUT2D eigenvalue weighted by molar-refractivity contribution is 7.89. The van der Waals surface area contributed by atoms with E-state index in [9.17, 15) is 22.3 Å². The Labute approximate surface area is 182 Å². The number of halogens is 2. The molecule has 1 N–H and O–H groups in total. The monoisotopic (exact) mass is 448 g/mol. The molecule has 2 aromatic carbocycles. The third kappa shape index (κ3) is 4.95. The number of hydrogen-bond acceptors (Lipinski definition) is 4. The first kappa shape index (κ1) is 23.3. The largest absolute Gasteiger partial charge is 0.396 e. The van der Waals surface area contributed by atoms with E-state index in [-0.39, 0.29) is 36.6 Å². The summed E-state index contributed by atoms with van der Waals surface area (Å²) in [5, 5.41) is 17.5. The van der Waals surface area contributed by atoms with E-state index < -0.39 is 39.4 Å². The van der Waals surface area contributed by atoms with E-state index in [2.05, 4.69) is 0 Å².